The lowest BCUT2D eigenvalue weighted by molar-refractivity contribution is -0.131. The molecule has 3 heterocycles. The molecule has 156 valence electrons. The van der Waals surface area contributed by atoms with E-state index in [0.717, 1.165) is 32.5 Å². The van der Waals surface area contributed by atoms with Crippen LogP contribution in [0.2, 0.25) is 0 Å². The van der Waals surface area contributed by atoms with E-state index in [2.05, 4.69) is 63.0 Å². The molecule has 2 aromatic heterocycles. The molecule has 1 unspecified atom stereocenters. The van der Waals surface area contributed by atoms with Crippen LogP contribution in [0.15, 0.2) is 66.3 Å². The van der Waals surface area contributed by atoms with Gasteiger partial charge in [0.05, 0.1) is 5.41 Å². The number of thiophene rings is 1. The van der Waals surface area contributed by atoms with Gasteiger partial charge in [0.15, 0.2) is 0 Å². The molecule has 30 heavy (non-hydrogen) atoms. The van der Waals surface area contributed by atoms with Crippen molar-refractivity contribution in [1.82, 2.24) is 15.2 Å². The highest BCUT2D eigenvalue weighted by atomic mass is 32.1. The molecule has 0 saturated carbocycles. The van der Waals surface area contributed by atoms with Gasteiger partial charge in [-0.25, -0.2) is 0 Å². The molecule has 0 bridgehead atoms. The molecule has 3 aromatic rings. The predicted octanol–water partition coefficient (Wildman–Crippen LogP) is 4.77. The van der Waals surface area contributed by atoms with Crippen molar-refractivity contribution < 1.29 is 4.79 Å². The number of rotatable bonds is 7. The van der Waals surface area contributed by atoms with Crippen LogP contribution in [0.25, 0.3) is 10.4 Å². The minimum atomic E-state index is -0.392. The number of nitrogens with zero attached hydrogens (tertiary/aromatic N) is 2. The van der Waals surface area contributed by atoms with Gasteiger partial charge < -0.3 is 5.32 Å². The fourth-order valence-corrected chi connectivity index (χ4v) is 5.02. The average molecular weight is 420 g/mol. The second kappa shape index (κ2) is 9.11. The van der Waals surface area contributed by atoms with Crippen molar-refractivity contribution >= 4 is 17.2 Å². The first-order valence-corrected chi connectivity index (χ1v) is 11.5. The smallest absolute Gasteiger partial charge is 0.228 e. The molecule has 5 heteroatoms. The van der Waals surface area contributed by atoms with Crippen molar-refractivity contribution in [3.63, 3.8) is 0 Å². The number of likely N-dealkylation sites (tertiary alicyclic amines) is 1. The molecule has 1 atom stereocenters. The van der Waals surface area contributed by atoms with Crippen molar-refractivity contribution in [3.8, 4) is 10.4 Å². The first kappa shape index (κ1) is 20.8. The maximum Gasteiger partial charge on any atom is 0.228 e. The van der Waals surface area contributed by atoms with E-state index < -0.39 is 5.41 Å². The van der Waals surface area contributed by atoms with E-state index >= 15 is 0 Å². The molecule has 0 radical (unpaired) electrons. The summed E-state index contributed by atoms with van der Waals surface area (Å²) in [7, 11) is 0. The summed E-state index contributed by atoms with van der Waals surface area (Å²) in [6.45, 7) is 6.59. The van der Waals surface area contributed by atoms with Crippen molar-refractivity contribution in [2.75, 3.05) is 13.1 Å². The summed E-state index contributed by atoms with van der Waals surface area (Å²) in [4.78, 5) is 21.2. The Morgan fingerprint density at radius 3 is 2.67 bits per heavy atom. The van der Waals surface area contributed by atoms with Gasteiger partial charge in [0.2, 0.25) is 5.91 Å². The van der Waals surface area contributed by atoms with Crippen molar-refractivity contribution in [3.05, 3.63) is 77.4 Å². The van der Waals surface area contributed by atoms with Gasteiger partial charge in [-0.2, -0.15) is 0 Å². The van der Waals surface area contributed by atoms with Gasteiger partial charge >= 0.3 is 0 Å². The topological polar surface area (TPSA) is 45.2 Å². The standard InChI is InChI=1S/C25H29N3OS/c1-19(2)27-24(29)25(11-13-28(18-25)17-21-5-3-12-26-16-21)15-20-7-9-22(10-8-20)23-6-4-14-30-23/h3-10,12,14,16,19H,11,13,15,17-18H2,1-2H3,(H,27,29). The predicted molar refractivity (Wildman–Crippen MR) is 123 cm³/mol. The summed E-state index contributed by atoms with van der Waals surface area (Å²) in [6.07, 6.45) is 5.35. The monoisotopic (exact) mass is 419 g/mol. The Balaban J connectivity index is 1.52. The molecule has 1 fully saturated rings. The molecular formula is C25H29N3OS. The lowest BCUT2D eigenvalue weighted by Crippen LogP contribution is -2.46. The number of carbonyl (C=O) groups excluding carboxylic acids is 1. The van der Waals surface area contributed by atoms with E-state index in [1.807, 2.05) is 26.1 Å². The average Bonchev–Trinajstić information content (AvgIpc) is 3.40. The van der Waals surface area contributed by atoms with Crippen LogP contribution in [0.5, 0.6) is 0 Å². The summed E-state index contributed by atoms with van der Waals surface area (Å²) in [5.74, 6) is 0.175. The summed E-state index contributed by atoms with van der Waals surface area (Å²) < 4.78 is 0. The Morgan fingerprint density at radius 1 is 1.17 bits per heavy atom. The van der Waals surface area contributed by atoms with Crippen molar-refractivity contribution in [1.29, 1.82) is 0 Å². The van der Waals surface area contributed by atoms with Gasteiger partial charge in [-0.3, -0.25) is 14.7 Å². The highest BCUT2D eigenvalue weighted by molar-refractivity contribution is 7.13. The van der Waals surface area contributed by atoms with Crippen LogP contribution in [-0.4, -0.2) is 34.9 Å². The van der Waals surface area contributed by atoms with Crippen LogP contribution >= 0.6 is 11.3 Å². The van der Waals surface area contributed by atoms with Gasteiger partial charge in [-0.15, -0.1) is 11.3 Å². The van der Waals surface area contributed by atoms with Gasteiger partial charge in [0, 0.05) is 36.4 Å². The second-order valence-corrected chi connectivity index (χ2v) is 9.53. The Labute approximate surface area is 183 Å². The molecular weight excluding hydrogens is 390 g/mol. The second-order valence-electron chi connectivity index (χ2n) is 8.58. The largest absolute Gasteiger partial charge is 0.353 e. The van der Waals surface area contributed by atoms with Crippen LogP contribution in [0.4, 0.5) is 0 Å². The van der Waals surface area contributed by atoms with E-state index in [9.17, 15) is 4.79 Å². The minimum Gasteiger partial charge on any atom is -0.353 e. The van der Waals surface area contributed by atoms with E-state index in [-0.39, 0.29) is 11.9 Å². The molecule has 0 spiro atoms. The summed E-state index contributed by atoms with van der Waals surface area (Å²) in [5.41, 5.74) is 3.26. The van der Waals surface area contributed by atoms with Crippen molar-refractivity contribution in [2.24, 2.45) is 5.41 Å². The molecule has 1 aliphatic rings. The number of aromatic nitrogens is 1. The number of hydrogen-bond donors (Lipinski definition) is 1. The normalized spacial score (nSPS) is 19.3. The first-order chi connectivity index (χ1) is 14.5. The summed E-state index contributed by atoms with van der Waals surface area (Å²) >= 11 is 1.75. The molecule has 1 saturated heterocycles. The zero-order chi connectivity index (χ0) is 21.0. The number of amides is 1. The Kier molecular flexibility index (Phi) is 6.30. The molecule has 1 amide bonds. The molecule has 1 aliphatic heterocycles. The van der Waals surface area contributed by atoms with Gasteiger partial charge in [0.25, 0.3) is 0 Å². The third-order valence-corrected chi connectivity index (χ3v) is 6.68. The third-order valence-electron chi connectivity index (χ3n) is 5.77. The van der Waals surface area contributed by atoms with Crippen molar-refractivity contribution in [2.45, 2.75) is 39.3 Å². The molecule has 1 aromatic carbocycles. The van der Waals surface area contributed by atoms with Crippen LogP contribution in [0.1, 0.15) is 31.4 Å². The van der Waals surface area contributed by atoms with Gasteiger partial charge in [-0.05, 0) is 67.4 Å². The highest BCUT2D eigenvalue weighted by Gasteiger charge is 2.44. The fourth-order valence-electron chi connectivity index (χ4n) is 4.29. The van der Waals surface area contributed by atoms with E-state index in [1.54, 1.807) is 17.5 Å². The van der Waals surface area contributed by atoms with Gasteiger partial charge in [0.1, 0.15) is 0 Å². The van der Waals surface area contributed by atoms with Crippen LogP contribution < -0.4 is 5.32 Å². The van der Waals surface area contributed by atoms with E-state index in [4.69, 9.17) is 0 Å². The molecule has 1 N–H and O–H groups in total. The number of carbonyl (C=O) groups is 1. The fraction of sp³-hybridized carbons (Fsp3) is 0.360. The van der Waals surface area contributed by atoms with Gasteiger partial charge in [-0.1, -0.05) is 36.4 Å². The summed E-state index contributed by atoms with van der Waals surface area (Å²) in [5, 5.41) is 5.29. The molecule has 4 rings (SSSR count). The van der Waals surface area contributed by atoms with Crippen LogP contribution in [0, 0.1) is 5.41 Å². The van der Waals surface area contributed by atoms with E-state index in [0.29, 0.717) is 0 Å². The Hall–Kier alpha value is -2.50. The number of benzene rings is 1. The zero-order valence-electron chi connectivity index (χ0n) is 17.7. The third kappa shape index (κ3) is 4.79. The number of pyridine rings is 1. The Morgan fingerprint density at radius 2 is 2.00 bits per heavy atom. The summed E-state index contributed by atoms with van der Waals surface area (Å²) in [6, 6.07) is 17.2. The Bertz CT molecular complexity index is 954. The number of hydrogen-bond acceptors (Lipinski definition) is 4. The first-order valence-electron chi connectivity index (χ1n) is 10.6. The number of nitrogens with one attached hydrogen (secondary N) is 1. The lowest BCUT2D eigenvalue weighted by Gasteiger charge is -2.29. The molecule has 4 nitrogen and oxygen atoms in total. The highest BCUT2D eigenvalue weighted by Crippen LogP contribution is 2.36. The van der Waals surface area contributed by atoms with Crippen LogP contribution in [0.3, 0.4) is 0 Å². The van der Waals surface area contributed by atoms with E-state index in [1.165, 1.54) is 21.6 Å². The minimum absolute atomic E-state index is 0.142. The zero-order valence-corrected chi connectivity index (χ0v) is 18.5. The molecule has 0 aliphatic carbocycles. The van der Waals surface area contributed by atoms with Crippen LogP contribution in [-0.2, 0) is 17.8 Å². The SMILES string of the molecule is CC(C)NC(=O)C1(Cc2ccc(-c3cccs3)cc2)CCN(Cc2cccnc2)C1. The quantitative estimate of drug-likeness (QED) is 0.600. The maximum absolute atomic E-state index is 13.3. The maximum atomic E-state index is 13.3. The lowest BCUT2D eigenvalue weighted by atomic mass is 9.79.